The Kier molecular flexibility index (Phi) is 4.04. The summed E-state index contributed by atoms with van der Waals surface area (Å²) in [6, 6.07) is 3.65. The Bertz CT molecular complexity index is 521. The highest BCUT2D eigenvalue weighted by molar-refractivity contribution is 6.30. The fraction of sp³-hybridized carbons (Fsp3) is 0.385. The molecule has 1 aliphatic carbocycles. The summed E-state index contributed by atoms with van der Waals surface area (Å²) in [4.78, 5) is 22.7. The maximum absolute atomic E-state index is 13.2. The first-order valence-corrected chi connectivity index (χ1v) is 6.34. The van der Waals surface area contributed by atoms with E-state index in [0.717, 1.165) is 6.07 Å². The first-order chi connectivity index (χ1) is 8.97. The van der Waals surface area contributed by atoms with Crippen molar-refractivity contribution in [3.8, 4) is 0 Å². The quantitative estimate of drug-likeness (QED) is 0.896. The number of nitrogens with one attached hydrogen (secondary N) is 1. The largest absolute Gasteiger partial charge is 0.481 e. The molecule has 2 unspecified atom stereocenters. The minimum atomic E-state index is -0.839. The van der Waals surface area contributed by atoms with Gasteiger partial charge in [-0.25, -0.2) is 4.39 Å². The molecule has 0 bridgehead atoms. The summed E-state index contributed by atoms with van der Waals surface area (Å²) < 4.78 is 13.2. The molecule has 1 aromatic carbocycles. The zero-order valence-corrected chi connectivity index (χ0v) is 10.8. The van der Waals surface area contributed by atoms with Gasteiger partial charge in [-0.2, -0.15) is 0 Å². The predicted octanol–water partition coefficient (Wildman–Crippen LogP) is 2.46. The summed E-state index contributed by atoms with van der Waals surface area (Å²) in [7, 11) is 0. The Morgan fingerprint density at radius 3 is 2.68 bits per heavy atom. The molecule has 0 heterocycles. The van der Waals surface area contributed by atoms with Crippen LogP contribution >= 0.6 is 11.6 Å². The van der Waals surface area contributed by atoms with Gasteiger partial charge in [-0.15, -0.1) is 0 Å². The third kappa shape index (κ3) is 3.23. The molecule has 2 rings (SSSR count). The number of halogens is 2. The van der Waals surface area contributed by atoms with Crippen molar-refractivity contribution >= 4 is 23.5 Å². The minimum Gasteiger partial charge on any atom is -0.481 e. The Labute approximate surface area is 114 Å². The van der Waals surface area contributed by atoms with Crippen molar-refractivity contribution in [3.63, 3.8) is 0 Å². The number of benzene rings is 1. The van der Waals surface area contributed by atoms with E-state index in [1.54, 1.807) is 0 Å². The molecule has 4 nitrogen and oxygen atoms in total. The third-order valence-corrected chi connectivity index (χ3v) is 3.61. The first kappa shape index (κ1) is 13.8. The summed E-state index contributed by atoms with van der Waals surface area (Å²) in [5, 5.41) is 11.5. The average molecular weight is 286 g/mol. The van der Waals surface area contributed by atoms with E-state index in [9.17, 15) is 14.0 Å². The smallest absolute Gasteiger partial charge is 0.306 e. The van der Waals surface area contributed by atoms with Crippen molar-refractivity contribution in [1.82, 2.24) is 5.32 Å². The van der Waals surface area contributed by atoms with E-state index < -0.39 is 23.6 Å². The van der Waals surface area contributed by atoms with E-state index in [1.807, 2.05) is 0 Å². The van der Waals surface area contributed by atoms with Gasteiger partial charge >= 0.3 is 5.97 Å². The molecule has 1 aromatic rings. The van der Waals surface area contributed by atoms with E-state index in [0.29, 0.717) is 19.3 Å². The second-order valence-electron chi connectivity index (χ2n) is 4.65. The van der Waals surface area contributed by atoms with Gasteiger partial charge in [-0.05, 0) is 37.5 Å². The highest BCUT2D eigenvalue weighted by Crippen LogP contribution is 2.26. The number of amides is 1. The van der Waals surface area contributed by atoms with Crippen LogP contribution in [-0.2, 0) is 4.79 Å². The van der Waals surface area contributed by atoms with Crippen LogP contribution < -0.4 is 5.32 Å². The Balaban J connectivity index is 1.98. The van der Waals surface area contributed by atoms with Gasteiger partial charge < -0.3 is 10.4 Å². The lowest BCUT2D eigenvalue weighted by atomic mass is 10.1. The molecular weight excluding hydrogens is 273 g/mol. The second-order valence-corrected chi connectivity index (χ2v) is 5.05. The zero-order valence-electron chi connectivity index (χ0n) is 10.0. The highest BCUT2D eigenvalue weighted by atomic mass is 35.5. The number of carboxylic acids is 1. The fourth-order valence-corrected chi connectivity index (χ4v) is 2.36. The Morgan fingerprint density at radius 1 is 1.37 bits per heavy atom. The van der Waals surface area contributed by atoms with E-state index in [4.69, 9.17) is 16.7 Å². The lowest BCUT2D eigenvalue weighted by molar-refractivity contribution is -0.141. The number of carbonyl (C=O) groups is 2. The van der Waals surface area contributed by atoms with Gasteiger partial charge in [-0.3, -0.25) is 9.59 Å². The van der Waals surface area contributed by atoms with Crippen LogP contribution in [0.25, 0.3) is 0 Å². The predicted molar refractivity (Wildman–Crippen MR) is 67.6 cm³/mol. The molecule has 2 N–H and O–H groups in total. The summed E-state index contributed by atoms with van der Waals surface area (Å²) in [6.45, 7) is 0. The van der Waals surface area contributed by atoms with Crippen molar-refractivity contribution in [2.45, 2.75) is 25.3 Å². The molecule has 1 amide bonds. The topological polar surface area (TPSA) is 66.4 Å². The van der Waals surface area contributed by atoms with Gasteiger partial charge in [0.05, 0.1) is 10.9 Å². The molecule has 2 atom stereocenters. The van der Waals surface area contributed by atoms with Crippen molar-refractivity contribution in [1.29, 1.82) is 0 Å². The molecule has 0 saturated heterocycles. The van der Waals surface area contributed by atoms with Crippen molar-refractivity contribution in [2.75, 3.05) is 0 Å². The van der Waals surface area contributed by atoms with Crippen molar-refractivity contribution in [2.24, 2.45) is 5.92 Å². The molecule has 1 aliphatic rings. The summed E-state index contributed by atoms with van der Waals surface area (Å²) >= 11 is 5.54. The molecule has 0 radical (unpaired) electrons. The number of carbonyl (C=O) groups excluding carboxylic acids is 1. The summed E-state index contributed by atoms with van der Waals surface area (Å²) in [6.07, 6.45) is 1.59. The molecule has 102 valence electrons. The number of aliphatic carboxylic acids is 1. The maximum atomic E-state index is 13.2. The van der Waals surface area contributed by atoms with Crippen LogP contribution in [0.1, 0.15) is 29.6 Å². The molecule has 0 aliphatic heterocycles. The minimum absolute atomic E-state index is 0.0386. The molecule has 1 fully saturated rings. The molecular formula is C13H13ClFNO3. The van der Waals surface area contributed by atoms with E-state index in [1.165, 1.54) is 12.1 Å². The summed E-state index contributed by atoms with van der Waals surface area (Å²) in [5.74, 6) is -2.31. The van der Waals surface area contributed by atoms with Crippen LogP contribution in [0.15, 0.2) is 18.2 Å². The van der Waals surface area contributed by atoms with Gasteiger partial charge in [0.15, 0.2) is 0 Å². The standard InChI is InChI=1S/C13H13ClFNO3/c14-10-4-2-7(6-11(10)15)12(17)16-9-3-1-8(5-9)13(18)19/h2,4,6,8-9H,1,3,5H2,(H,16,17)(H,18,19). The lowest BCUT2D eigenvalue weighted by Gasteiger charge is -2.12. The van der Waals surface area contributed by atoms with Crippen LogP contribution in [0.3, 0.4) is 0 Å². The number of hydrogen-bond acceptors (Lipinski definition) is 2. The molecule has 0 spiro atoms. The normalized spacial score (nSPS) is 22.2. The van der Waals surface area contributed by atoms with E-state index >= 15 is 0 Å². The third-order valence-electron chi connectivity index (χ3n) is 3.30. The Morgan fingerprint density at radius 2 is 2.11 bits per heavy atom. The average Bonchev–Trinajstić information content (AvgIpc) is 2.81. The van der Waals surface area contributed by atoms with Crippen LogP contribution in [0, 0.1) is 11.7 Å². The van der Waals surface area contributed by atoms with Gasteiger partial charge in [0.25, 0.3) is 5.91 Å². The van der Waals surface area contributed by atoms with E-state index in [-0.39, 0.29) is 16.6 Å². The van der Waals surface area contributed by atoms with Crippen molar-refractivity contribution < 1.29 is 19.1 Å². The number of hydrogen-bond donors (Lipinski definition) is 2. The van der Waals surface area contributed by atoms with Crippen LogP contribution in [0.2, 0.25) is 5.02 Å². The number of carboxylic acid groups (broad SMARTS) is 1. The van der Waals surface area contributed by atoms with Gasteiger partial charge in [-0.1, -0.05) is 11.6 Å². The van der Waals surface area contributed by atoms with Crippen molar-refractivity contribution in [3.05, 3.63) is 34.6 Å². The van der Waals surface area contributed by atoms with Gasteiger partial charge in [0, 0.05) is 11.6 Å². The maximum Gasteiger partial charge on any atom is 0.306 e. The highest BCUT2D eigenvalue weighted by Gasteiger charge is 2.30. The molecule has 19 heavy (non-hydrogen) atoms. The van der Waals surface area contributed by atoms with Crippen LogP contribution in [-0.4, -0.2) is 23.0 Å². The Hall–Kier alpha value is -1.62. The lowest BCUT2D eigenvalue weighted by Crippen LogP contribution is -2.33. The molecule has 0 aromatic heterocycles. The SMILES string of the molecule is O=C(NC1CCC(C(=O)O)C1)c1ccc(Cl)c(F)c1. The van der Waals surface area contributed by atoms with E-state index in [2.05, 4.69) is 5.32 Å². The summed E-state index contributed by atoms with van der Waals surface area (Å²) in [5.41, 5.74) is 0.181. The molecule has 1 saturated carbocycles. The zero-order chi connectivity index (χ0) is 14.0. The van der Waals surface area contributed by atoms with Gasteiger partial charge in [0.2, 0.25) is 0 Å². The van der Waals surface area contributed by atoms with Gasteiger partial charge in [0.1, 0.15) is 5.82 Å². The monoisotopic (exact) mass is 285 g/mol. The number of rotatable bonds is 3. The van der Waals surface area contributed by atoms with Crippen LogP contribution in [0.5, 0.6) is 0 Å². The molecule has 6 heteroatoms. The second kappa shape index (κ2) is 5.57. The first-order valence-electron chi connectivity index (χ1n) is 5.96. The van der Waals surface area contributed by atoms with Crippen LogP contribution in [0.4, 0.5) is 4.39 Å². The fourth-order valence-electron chi connectivity index (χ4n) is 2.24.